The van der Waals surface area contributed by atoms with Crippen molar-refractivity contribution in [2.24, 2.45) is 5.92 Å². The lowest BCUT2D eigenvalue weighted by atomic mass is 9.86. The van der Waals surface area contributed by atoms with Crippen molar-refractivity contribution in [2.45, 2.75) is 38.8 Å². The van der Waals surface area contributed by atoms with E-state index in [4.69, 9.17) is 0 Å². The third-order valence-electron chi connectivity index (χ3n) is 4.50. The van der Waals surface area contributed by atoms with Gasteiger partial charge in [-0.05, 0) is 41.9 Å². The normalized spacial score (nSPS) is 22.1. The highest BCUT2D eigenvalue weighted by atomic mass is 14.9. The summed E-state index contributed by atoms with van der Waals surface area (Å²) < 4.78 is 0. The Balaban J connectivity index is 1.83. The van der Waals surface area contributed by atoms with Gasteiger partial charge in [-0.25, -0.2) is 0 Å². The van der Waals surface area contributed by atoms with Crippen molar-refractivity contribution in [3.05, 3.63) is 71.3 Å². The molecular weight excluding hydrogens is 242 g/mol. The van der Waals surface area contributed by atoms with Crippen molar-refractivity contribution in [3.63, 3.8) is 0 Å². The van der Waals surface area contributed by atoms with Crippen LogP contribution in [0.2, 0.25) is 0 Å². The lowest BCUT2D eigenvalue weighted by Gasteiger charge is -2.25. The molecule has 0 saturated heterocycles. The van der Waals surface area contributed by atoms with Crippen LogP contribution in [0.3, 0.4) is 0 Å². The number of nitrogens with one attached hydrogen (secondary N) is 1. The van der Waals surface area contributed by atoms with E-state index in [-0.39, 0.29) is 0 Å². The van der Waals surface area contributed by atoms with Crippen LogP contribution in [0.25, 0.3) is 0 Å². The van der Waals surface area contributed by atoms with Crippen LogP contribution < -0.4 is 5.32 Å². The summed E-state index contributed by atoms with van der Waals surface area (Å²) in [5.41, 5.74) is 4.45. The number of benzene rings is 2. The molecule has 0 amide bonds. The Hall–Kier alpha value is -1.60. The van der Waals surface area contributed by atoms with Crippen molar-refractivity contribution in [2.75, 3.05) is 0 Å². The molecule has 1 heteroatoms. The molecule has 0 saturated carbocycles. The Morgan fingerprint density at radius 1 is 0.950 bits per heavy atom. The Morgan fingerprint density at radius 3 is 2.40 bits per heavy atom. The molecule has 0 aliphatic carbocycles. The summed E-state index contributed by atoms with van der Waals surface area (Å²) in [6.45, 7) is 3.31. The molecule has 20 heavy (non-hydrogen) atoms. The summed E-state index contributed by atoms with van der Waals surface area (Å²) in [7, 11) is 0. The molecule has 2 aromatic rings. The van der Waals surface area contributed by atoms with Gasteiger partial charge in [0.2, 0.25) is 0 Å². The Morgan fingerprint density at radius 2 is 1.65 bits per heavy atom. The van der Waals surface area contributed by atoms with Gasteiger partial charge in [-0.2, -0.15) is 0 Å². The van der Waals surface area contributed by atoms with Gasteiger partial charge in [-0.1, -0.05) is 61.5 Å². The minimum Gasteiger partial charge on any atom is -0.310 e. The molecule has 3 rings (SSSR count). The summed E-state index contributed by atoms with van der Waals surface area (Å²) >= 11 is 0. The Labute approximate surface area is 122 Å². The minimum atomic E-state index is 0.614. The fourth-order valence-electron chi connectivity index (χ4n) is 3.37. The second kappa shape index (κ2) is 6.23. The van der Waals surface area contributed by atoms with Crippen LogP contribution in [-0.2, 0) is 19.4 Å². The SMILES string of the molecule is CCC1NCc2ccccc2CC1Cc1ccccc1. The molecule has 0 fully saturated rings. The standard InChI is InChI=1S/C19H23N/c1-2-19-18(12-15-8-4-3-5-9-15)13-16-10-6-7-11-17(16)14-20-19/h3-11,18-20H,2,12-14H2,1H3. The van der Waals surface area contributed by atoms with Gasteiger partial charge in [0.05, 0.1) is 0 Å². The van der Waals surface area contributed by atoms with Crippen LogP contribution in [0.4, 0.5) is 0 Å². The first kappa shape index (κ1) is 13.4. The summed E-state index contributed by atoms with van der Waals surface area (Å²) in [4.78, 5) is 0. The van der Waals surface area contributed by atoms with E-state index in [2.05, 4.69) is 66.8 Å². The monoisotopic (exact) mass is 265 g/mol. The molecule has 0 spiro atoms. The molecule has 2 atom stereocenters. The number of rotatable bonds is 3. The van der Waals surface area contributed by atoms with Crippen LogP contribution in [0, 0.1) is 5.92 Å². The summed E-state index contributed by atoms with van der Waals surface area (Å²) in [5, 5.41) is 3.76. The van der Waals surface area contributed by atoms with Gasteiger partial charge in [-0.3, -0.25) is 0 Å². The lowest BCUT2D eigenvalue weighted by Crippen LogP contribution is -2.35. The molecular formula is C19H23N. The zero-order chi connectivity index (χ0) is 13.8. The average molecular weight is 265 g/mol. The molecule has 0 aromatic heterocycles. The van der Waals surface area contributed by atoms with E-state index < -0.39 is 0 Å². The molecule has 1 N–H and O–H groups in total. The molecule has 1 nitrogen and oxygen atoms in total. The van der Waals surface area contributed by atoms with Crippen LogP contribution >= 0.6 is 0 Å². The zero-order valence-corrected chi connectivity index (χ0v) is 12.2. The summed E-state index contributed by atoms with van der Waals surface area (Å²) in [6.07, 6.45) is 3.56. The quantitative estimate of drug-likeness (QED) is 0.885. The van der Waals surface area contributed by atoms with Gasteiger partial charge in [0.25, 0.3) is 0 Å². The predicted molar refractivity (Wildman–Crippen MR) is 84.7 cm³/mol. The molecule has 2 aromatic carbocycles. The third kappa shape index (κ3) is 2.94. The highest BCUT2D eigenvalue weighted by Gasteiger charge is 2.24. The fraction of sp³-hybridized carbons (Fsp3) is 0.368. The van der Waals surface area contributed by atoms with Crippen molar-refractivity contribution in [1.29, 1.82) is 0 Å². The molecule has 0 bridgehead atoms. The zero-order valence-electron chi connectivity index (χ0n) is 12.2. The molecule has 1 heterocycles. The van der Waals surface area contributed by atoms with E-state index in [0.717, 1.165) is 6.54 Å². The van der Waals surface area contributed by atoms with E-state index in [1.807, 2.05) is 0 Å². The maximum absolute atomic E-state index is 3.76. The summed E-state index contributed by atoms with van der Waals surface area (Å²) in [6, 6.07) is 20.4. The van der Waals surface area contributed by atoms with Crippen molar-refractivity contribution >= 4 is 0 Å². The van der Waals surface area contributed by atoms with Gasteiger partial charge in [0, 0.05) is 12.6 Å². The maximum atomic E-state index is 3.76. The third-order valence-corrected chi connectivity index (χ3v) is 4.50. The van der Waals surface area contributed by atoms with Crippen LogP contribution in [0.1, 0.15) is 30.0 Å². The second-order valence-electron chi connectivity index (χ2n) is 5.82. The van der Waals surface area contributed by atoms with E-state index in [1.54, 1.807) is 0 Å². The van der Waals surface area contributed by atoms with E-state index in [9.17, 15) is 0 Å². The minimum absolute atomic E-state index is 0.614. The van der Waals surface area contributed by atoms with Gasteiger partial charge >= 0.3 is 0 Å². The average Bonchev–Trinajstić information content (AvgIpc) is 2.67. The van der Waals surface area contributed by atoms with Crippen molar-refractivity contribution in [1.82, 2.24) is 5.32 Å². The van der Waals surface area contributed by atoms with Crippen LogP contribution in [0.15, 0.2) is 54.6 Å². The van der Waals surface area contributed by atoms with Gasteiger partial charge in [0.15, 0.2) is 0 Å². The number of fused-ring (bicyclic) bond motifs is 1. The van der Waals surface area contributed by atoms with Crippen LogP contribution in [-0.4, -0.2) is 6.04 Å². The molecule has 2 unspecified atom stereocenters. The first-order chi connectivity index (χ1) is 9.86. The maximum Gasteiger partial charge on any atom is 0.0210 e. The number of hydrogen-bond donors (Lipinski definition) is 1. The molecule has 1 aliphatic rings. The van der Waals surface area contributed by atoms with Crippen molar-refractivity contribution < 1.29 is 0 Å². The van der Waals surface area contributed by atoms with Gasteiger partial charge < -0.3 is 5.32 Å². The highest BCUT2D eigenvalue weighted by Crippen LogP contribution is 2.25. The topological polar surface area (TPSA) is 12.0 Å². The smallest absolute Gasteiger partial charge is 0.0210 e. The summed E-state index contributed by atoms with van der Waals surface area (Å²) in [5.74, 6) is 0.686. The van der Waals surface area contributed by atoms with Gasteiger partial charge in [0.1, 0.15) is 0 Å². The molecule has 1 aliphatic heterocycles. The second-order valence-corrected chi connectivity index (χ2v) is 5.82. The largest absolute Gasteiger partial charge is 0.310 e. The molecule has 0 radical (unpaired) electrons. The van der Waals surface area contributed by atoms with E-state index in [1.165, 1.54) is 36.0 Å². The first-order valence-corrected chi connectivity index (χ1v) is 7.71. The first-order valence-electron chi connectivity index (χ1n) is 7.71. The van der Waals surface area contributed by atoms with Crippen LogP contribution in [0.5, 0.6) is 0 Å². The highest BCUT2D eigenvalue weighted by molar-refractivity contribution is 5.29. The van der Waals surface area contributed by atoms with E-state index in [0.29, 0.717) is 12.0 Å². The Kier molecular flexibility index (Phi) is 4.17. The number of hydrogen-bond acceptors (Lipinski definition) is 1. The fourth-order valence-corrected chi connectivity index (χ4v) is 3.37. The van der Waals surface area contributed by atoms with Crippen molar-refractivity contribution in [3.8, 4) is 0 Å². The molecule has 104 valence electrons. The predicted octanol–water partition coefficient (Wildman–Crippen LogP) is 3.97. The van der Waals surface area contributed by atoms with Gasteiger partial charge in [-0.15, -0.1) is 0 Å². The lowest BCUT2D eigenvalue weighted by molar-refractivity contribution is 0.349. The Bertz CT molecular complexity index is 547. The van der Waals surface area contributed by atoms with E-state index >= 15 is 0 Å².